The zero-order valence-corrected chi connectivity index (χ0v) is 17.9. The van der Waals surface area contributed by atoms with E-state index in [1.807, 2.05) is 0 Å². The quantitative estimate of drug-likeness (QED) is 0.542. The van der Waals surface area contributed by atoms with Gasteiger partial charge in [0.2, 0.25) is 5.91 Å². The third-order valence-corrected chi connectivity index (χ3v) is 4.79. The Bertz CT molecular complexity index is 1190. The molecule has 3 aromatic carbocycles. The molecule has 0 aliphatic carbocycles. The van der Waals surface area contributed by atoms with E-state index >= 15 is 0 Å². The molecule has 0 radical (unpaired) electrons. The van der Waals surface area contributed by atoms with E-state index in [0.717, 1.165) is 12.1 Å². The molecule has 0 atom stereocenters. The van der Waals surface area contributed by atoms with Crippen LogP contribution < -0.4 is 20.7 Å². The molecule has 0 bridgehead atoms. The minimum atomic E-state index is -4.52. The van der Waals surface area contributed by atoms with Crippen molar-refractivity contribution in [3.8, 4) is 5.75 Å². The van der Waals surface area contributed by atoms with Gasteiger partial charge in [0.1, 0.15) is 5.75 Å². The zero-order valence-electron chi connectivity index (χ0n) is 17.9. The van der Waals surface area contributed by atoms with E-state index in [1.54, 1.807) is 19.2 Å². The highest BCUT2D eigenvalue weighted by Crippen LogP contribution is 2.30. The maximum atomic E-state index is 12.8. The van der Waals surface area contributed by atoms with Crippen molar-refractivity contribution < 1.29 is 32.3 Å². The standard InChI is InChI=1S/C24H20F3N3O4/c1-30(19-9-5-15(6-10-19)22(28)32)23(33)16-7-11-20(12-8-16)34-14-21(31)29-18-4-2-3-17(13-18)24(25,26)27/h2-13H,14H2,1H3,(H2,28,32)(H,29,31). The van der Waals surface area contributed by atoms with Crippen LogP contribution in [-0.2, 0) is 11.0 Å². The predicted octanol–water partition coefficient (Wildman–Crippen LogP) is 4.10. The number of nitrogens with zero attached hydrogens (tertiary/aromatic N) is 1. The number of alkyl halides is 3. The van der Waals surface area contributed by atoms with Crippen LogP contribution >= 0.6 is 0 Å². The lowest BCUT2D eigenvalue weighted by molar-refractivity contribution is -0.137. The largest absolute Gasteiger partial charge is 0.484 e. The number of hydrogen-bond acceptors (Lipinski definition) is 4. The molecule has 0 spiro atoms. The summed E-state index contributed by atoms with van der Waals surface area (Å²) in [6.45, 7) is -0.435. The number of ether oxygens (including phenoxy) is 1. The van der Waals surface area contributed by atoms with Gasteiger partial charge in [-0.2, -0.15) is 13.2 Å². The molecule has 3 aromatic rings. The van der Waals surface area contributed by atoms with Gasteiger partial charge in [0.15, 0.2) is 6.61 Å². The molecular weight excluding hydrogens is 451 g/mol. The van der Waals surface area contributed by atoms with Crippen LogP contribution in [0.3, 0.4) is 0 Å². The van der Waals surface area contributed by atoms with Crippen molar-refractivity contribution in [1.82, 2.24) is 0 Å². The molecule has 0 aliphatic rings. The highest BCUT2D eigenvalue weighted by atomic mass is 19.4. The van der Waals surface area contributed by atoms with Gasteiger partial charge in [-0.05, 0) is 66.7 Å². The highest BCUT2D eigenvalue weighted by molar-refractivity contribution is 6.06. The molecule has 7 nitrogen and oxygen atoms in total. The Balaban J connectivity index is 1.56. The number of primary amides is 1. The topological polar surface area (TPSA) is 102 Å². The Hall–Kier alpha value is -4.34. The second-order valence-electron chi connectivity index (χ2n) is 7.22. The summed E-state index contributed by atoms with van der Waals surface area (Å²) >= 11 is 0. The number of nitrogens with two attached hydrogens (primary N) is 1. The first-order chi connectivity index (χ1) is 16.0. The van der Waals surface area contributed by atoms with Crippen LogP contribution in [0.1, 0.15) is 26.3 Å². The monoisotopic (exact) mass is 471 g/mol. The van der Waals surface area contributed by atoms with E-state index in [2.05, 4.69) is 5.32 Å². The van der Waals surface area contributed by atoms with Crippen molar-refractivity contribution in [1.29, 1.82) is 0 Å². The number of hydrogen-bond donors (Lipinski definition) is 2. The molecule has 3 N–H and O–H groups in total. The molecule has 10 heteroatoms. The summed E-state index contributed by atoms with van der Waals surface area (Å²) in [6.07, 6.45) is -4.52. The lowest BCUT2D eigenvalue weighted by atomic mass is 10.1. The molecule has 0 heterocycles. The molecule has 0 fully saturated rings. The minimum absolute atomic E-state index is 0.00346. The fourth-order valence-corrected chi connectivity index (χ4v) is 2.97. The first-order valence-corrected chi connectivity index (χ1v) is 9.92. The Morgan fingerprint density at radius 1 is 0.941 bits per heavy atom. The van der Waals surface area contributed by atoms with Crippen LogP contribution in [0, 0.1) is 0 Å². The van der Waals surface area contributed by atoms with Crippen molar-refractivity contribution in [3.63, 3.8) is 0 Å². The summed E-state index contributed by atoms with van der Waals surface area (Å²) in [5.41, 5.74) is 5.56. The number of rotatable bonds is 7. The number of anilines is 2. The Labute approximate surface area is 192 Å². The van der Waals surface area contributed by atoms with Gasteiger partial charge in [-0.3, -0.25) is 14.4 Å². The van der Waals surface area contributed by atoms with Gasteiger partial charge in [-0.1, -0.05) is 6.07 Å². The molecule has 0 unspecified atom stereocenters. The maximum Gasteiger partial charge on any atom is 0.416 e. The van der Waals surface area contributed by atoms with E-state index in [9.17, 15) is 27.6 Å². The molecular formula is C24H20F3N3O4. The van der Waals surface area contributed by atoms with Crippen LogP contribution in [-0.4, -0.2) is 31.4 Å². The molecule has 0 saturated heterocycles. The maximum absolute atomic E-state index is 12.8. The minimum Gasteiger partial charge on any atom is -0.484 e. The van der Waals surface area contributed by atoms with E-state index in [-0.39, 0.29) is 11.6 Å². The molecule has 3 rings (SSSR count). The first-order valence-electron chi connectivity index (χ1n) is 9.92. The van der Waals surface area contributed by atoms with Gasteiger partial charge in [0.25, 0.3) is 11.8 Å². The molecule has 3 amide bonds. The lowest BCUT2D eigenvalue weighted by Gasteiger charge is -2.18. The van der Waals surface area contributed by atoms with Crippen molar-refractivity contribution in [2.45, 2.75) is 6.18 Å². The van der Waals surface area contributed by atoms with E-state index in [1.165, 1.54) is 53.4 Å². The number of benzene rings is 3. The van der Waals surface area contributed by atoms with Gasteiger partial charge < -0.3 is 20.7 Å². The fraction of sp³-hybridized carbons (Fsp3) is 0.125. The molecule has 34 heavy (non-hydrogen) atoms. The second kappa shape index (κ2) is 10.1. The Morgan fingerprint density at radius 2 is 1.56 bits per heavy atom. The summed E-state index contributed by atoms with van der Waals surface area (Å²) in [6, 6.07) is 16.5. The summed E-state index contributed by atoms with van der Waals surface area (Å²) in [5, 5.41) is 2.34. The first kappa shape index (κ1) is 24.3. The lowest BCUT2D eigenvalue weighted by Crippen LogP contribution is -2.26. The van der Waals surface area contributed by atoms with Crippen molar-refractivity contribution in [2.75, 3.05) is 23.9 Å². The number of amides is 3. The summed E-state index contributed by atoms with van der Waals surface area (Å²) in [4.78, 5) is 37.3. The van der Waals surface area contributed by atoms with Gasteiger partial charge in [0.05, 0.1) is 5.56 Å². The summed E-state index contributed by atoms with van der Waals surface area (Å²) in [5.74, 6) is -1.23. The zero-order chi connectivity index (χ0) is 24.9. The summed E-state index contributed by atoms with van der Waals surface area (Å²) < 4.78 is 43.7. The number of nitrogens with one attached hydrogen (secondary N) is 1. The second-order valence-corrected chi connectivity index (χ2v) is 7.22. The average molecular weight is 471 g/mol. The SMILES string of the molecule is CN(C(=O)c1ccc(OCC(=O)Nc2cccc(C(F)(F)F)c2)cc1)c1ccc(C(N)=O)cc1. The predicted molar refractivity (Wildman–Crippen MR) is 120 cm³/mol. The van der Waals surface area contributed by atoms with Crippen molar-refractivity contribution >= 4 is 29.1 Å². The normalized spacial score (nSPS) is 10.9. The molecule has 0 aromatic heterocycles. The smallest absolute Gasteiger partial charge is 0.416 e. The van der Waals surface area contributed by atoms with E-state index in [0.29, 0.717) is 22.6 Å². The van der Waals surface area contributed by atoms with E-state index in [4.69, 9.17) is 10.5 Å². The summed E-state index contributed by atoms with van der Waals surface area (Å²) in [7, 11) is 1.57. The van der Waals surface area contributed by atoms with Gasteiger partial charge >= 0.3 is 6.18 Å². The van der Waals surface area contributed by atoms with Gasteiger partial charge in [-0.25, -0.2) is 0 Å². The number of carbonyl (C=O) groups is 3. The molecule has 0 aliphatic heterocycles. The van der Waals surface area contributed by atoms with Crippen molar-refractivity contribution in [3.05, 3.63) is 89.5 Å². The Kier molecular flexibility index (Phi) is 7.20. The van der Waals surface area contributed by atoms with Crippen LogP contribution in [0.2, 0.25) is 0 Å². The van der Waals surface area contributed by atoms with Gasteiger partial charge in [-0.15, -0.1) is 0 Å². The van der Waals surface area contributed by atoms with E-state index < -0.39 is 30.2 Å². The molecule has 0 saturated carbocycles. The van der Waals surface area contributed by atoms with Crippen LogP contribution in [0.15, 0.2) is 72.8 Å². The van der Waals surface area contributed by atoms with Crippen LogP contribution in [0.25, 0.3) is 0 Å². The van der Waals surface area contributed by atoms with Crippen LogP contribution in [0.5, 0.6) is 5.75 Å². The van der Waals surface area contributed by atoms with Gasteiger partial charge in [0, 0.05) is 29.5 Å². The number of halogens is 3. The highest BCUT2D eigenvalue weighted by Gasteiger charge is 2.30. The average Bonchev–Trinajstić information content (AvgIpc) is 2.82. The third kappa shape index (κ3) is 6.12. The Morgan fingerprint density at radius 3 is 2.15 bits per heavy atom. The molecule has 176 valence electrons. The van der Waals surface area contributed by atoms with Crippen LogP contribution in [0.4, 0.5) is 24.5 Å². The third-order valence-electron chi connectivity index (χ3n) is 4.79. The van der Waals surface area contributed by atoms with Crippen molar-refractivity contribution in [2.24, 2.45) is 5.73 Å². The number of carbonyl (C=O) groups excluding carboxylic acids is 3. The fourth-order valence-electron chi connectivity index (χ4n) is 2.97.